The van der Waals surface area contributed by atoms with Gasteiger partial charge in [-0.3, -0.25) is 9.59 Å². The van der Waals surface area contributed by atoms with E-state index in [2.05, 4.69) is 0 Å². The third-order valence-corrected chi connectivity index (χ3v) is 11.7. The van der Waals surface area contributed by atoms with Crippen LogP contribution in [-0.4, -0.2) is 159 Å². The van der Waals surface area contributed by atoms with Gasteiger partial charge in [-0.05, 0) is 58.7 Å². The van der Waals surface area contributed by atoms with Gasteiger partial charge in [-0.1, -0.05) is 24.3 Å². The van der Waals surface area contributed by atoms with Gasteiger partial charge >= 0.3 is 11.9 Å². The van der Waals surface area contributed by atoms with E-state index in [0.29, 0.717) is 0 Å². The van der Waals surface area contributed by atoms with Crippen molar-refractivity contribution in [3.63, 3.8) is 0 Å². The van der Waals surface area contributed by atoms with Gasteiger partial charge in [0.1, 0.15) is 71.8 Å². The summed E-state index contributed by atoms with van der Waals surface area (Å²) in [6.07, 6.45) is -17.7. The lowest BCUT2D eigenvalue weighted by Crippen LogP contribution is -2.60. The first-order valence-corrected chi connectivity index (χ1v) is 19.0. The normalized spacial score (nSPS) is 30.1. The van der Waals surface area contributed by atoms with Gasteiger partial charge in [-0.2, -0.15) is 0 Å². The van der Waals surface area contributed by atoms with Crippen molar-refractivity contribution in [3.05, 3.63) is 116 Å². The Morgan fingerprint density at radius 2 is 0.887 bits per heavy atom. The molecule has 20 nitrogen and oxygen atoms in total. The van der Waals surface area contributed by atoms with Crippen molar-refractivity contribution >= 4 is 23.5 Å². The number of ether oxygens (including phenoxy) is 4. The quantitative estimate of drug-likeness (QED) is 0.0950. The molecule has 4 aromatic rings. The molecule has 12 N–H and O–H groups in total. The second-order valence-corrected chi connectivity index (χ2v) is 15.2. The highest BCUT2D eigenvalue weighted by molar-refractivity contribution is 6.18. The summed E-state index contributed by atoms with van der Waals surface area (Å²) in [7, 11) is 0. The number of carbonyl (C=O) groups excluding carboxylic acids is 2. The number of carbonyl (C=O) groups is 4. The van der Waals surface area contributed by atoms with Gasteiger partial charge in [0.2, 0.25) is 24.1 Å². The smallest absolute Gasteiger partial charge is 0.335 e. The molecule has 0 amide bonds. The molecule has 2 fully saturated rings. The number of aliphatic hydroxyl groups is 8. The molecule has 62 heavy (non-hydrogen) atoms. The molecule has 0 aromatic heterocycles. The molecule has 0 unspecified atom stereocenters. The van der Waals surface area contributed by atoms with E-state index in [1.165, 1.54) is 36.4 Å². The maximum Gasteiger partial charge on any atom is 0.335 e. The van der Waals surface area contributed by atoms with Crippen molar-refractivity contribution in [2.75, 3.05) is 13.2 Å². The number of carboxylic acid groups (broad SMARTS) is 2. The van der Waals surface area contributed by atoms with E-state index in [0.717, 1.165) is 24.3 Å². The Balaban J connectivity index is 1.38. The Kier molecular flexibility index (Phi) is 11.0. The number of rotatable bonds is 9. The standard InChI is InChI=1S/C42H38O20/c43-11-23-31(47)35(51)37(53)41(61-23)59-21-5-1-3-15-25(17-7-13(39(55)56)9-19(45)27(17)33(49)29(15)21)26-16-4-2-6-22(60-42-38(54)36(52)32(48)24(12-44)62-42)30(16)34(50)28-18(26)8-14(40(57)58)10-20(28)46/h1-10,23-26,31-32,35-38,41-48,51-54H,11-12H2,(H,55,56)(H,57,58)/t23-,24-,25-,26-,31-,32-,35+,36+,37-,38-,41-,42-/m0/s1. The average molecular weight is 863 g/mol. The Morgan fingerprint density at radius 1 is 0.516 bits per heavy atom. The Morgan fingerprint density at radius 3 is 1.23 bits per heavy atom. The molecule has 20 heteroatoms. The molecular formula is C42H38O20. The van der Waals surface area contributed by atoms with Gasteiger partial charge in [-0.15, -0.1) is 0 Å². The SMILES string of the molecule is O=C(O)c1cc(O)c2c(c1)[C@@H]([C@@H]1c3cc(C(=O)O)cc(O)c3C(=O)c3c(O[C@H]4O[C@@H](CO)[C@H](O)[C@@H](O)[C@@H]4O)cccc31)c1cccc(O[C@H]3O[C@@H](CO)[C@H](O)[C@@H](O)[C@@H]3O)c1C2=O. The van der Waals surface area contributed by atoms with Crippen molar-refractivity contribution in [2.24, 2.45) is 0 Å². The summed E-state index contributed by atoms with van der Waals surface area (Å²) in [5, 5.41) is 126. The minimum absolute atomic E-state index is 0.00301. The van der Waals surface area contributed by atoms with Crippen LogP contribution in [0.1, 0.15) is 86.6 Å². The fourth-order valence-corrected chi connectivity index (χ4v) is 8.71. The number of fused-ring (bicyclic) bond motifs is 4. The van der Waals surface area contributed by atoms with E-state index >= 15 is 0 Å². The minimum Gasteiger partial charge on any atom is -0.507 e. The zero-order valence-corrected chi connectivity index (χ0v) is 31.7. The Labute approximate surface area is 348 Å². The predicted molar refractivity (Wildman–Crippen MR) is 202 cm³/mol. The van der Waals surface area contributed by atoms with Crippen molar-refractivity contribution in [1.82, 2.24) is 0 Å². The summed E-state index contributed by atoms with van der Waals surface area (Å²) < 4.78 is 23.0. The molecule has 2 aliphatic heterocycles. The summed E-state index contributed by atoms with van der Waals surface area (Å²) >= 11 is 0. The van der Waals surface area contributed by atoms with Crippen molar-refractivity contribution < 1.29 is 99.4 Å². The third-order valence-electron chi connectivity index (χ3n) is 11.7. The van der Waals surface area contributed by atoms with E-state index in [1.54, 1.807) is 0 Å². The molecule has 0 saturated carbocycles. The van der Waals surface area contributed by atoms with E-state index in [4.69, 9.17) is 18.9 Å². The van der Waals surface area contributed by atoms with Crippen LogP contribution in [0, 0.1) is 0 Å². The number of phenols is 2. The lowest BCUT2D eigenvalue weighted by Gasteiger charge is -2.41. The van der Waals surface area contributed by atoms with Crippen LogP contribution in [0.2, 0.25) is 0 Å². The summed E-state index contributed by atoms with van der Waals surface area (Å²) in [5.74, 6) is -10.1. The molecule has 8 rings (SSSR count). The van der Waals surface area contributed by atoms with Crippen LogP contribution in [0.25, 0.3) is 0 Å². The highest BCUT2D eigenvalue weighted by Gasteiger charge is 2.50. The monoisotopic (exact) mass is 862 g/mol. The van der Waals surface area contributed by atoms with Crippen LogP contribution in [0.15, 0.2) is 60.7 Å². The molecule has 0 radical (unpaired) electrons. The maximum atomic E-state index is 14.7. The van der Waals surface area contributed by atoms with Gasteiger partial charge in [0.15, 0.2) is 0 Å². The molecule has 0 spiro atoms. The number of aromatic hydroxyl groups is 2. The summed E-state index contributed by atoms with van der Waals surface area (Å²) in [6, 6.07) is 11.9. The van der Waals surface area contributed by atoms with Gasteiger partial charge in [0.05, 0.1) is 46.6 Å². The molecule has 326 valence electrons. The zero-order valence-electron chi connectivity index (χ0n) is 31.7. The average Bonchev–Trinajstić information content (AvgIpc) is 3.24. The number of carboxylic acids is 2. The van der Waals surface area contributed by atoms with Crippen LogP contribution in [0.4, 0.5) is 0 Å². The maximum absolute atomic E-state index is 14.7. The van der Waals surface area contributed by atoms with E-state index in [-0.39, 0.29) is 44.9 Å². The van der Waals surface area contributed by atoms with Crippen LogP contribution < -0.4 is 9.47 Å². The lowest BCUT2D eigenvalue weighted by molar-refractivity contribution is -0.277. The number of aliphatic hydroxyl groups excluding tert-OH is 8. The first-order chi connectivity index (χ1) is 29.5. The molecule has 2 saturated heterocycles. The second-order valence-electron chi connectivity index (χ2n) is 15.2. The minimum atomic E-state index is -1.94. The first-order valence-electron chi connectivity index (χ1n) is 19.0. The molecule has 0 bridgehead atoms. The second kappa shape index (κ2) is 16.0. The van der Waals surface area contributed by atoms with Crippen molar-refractivity contribution in [1.29, 1.82) is 0 Å². The van der Waals surface area contributed by atoms with Gasteiger partial charge in [0, 0.05) is 11.8 Å². The Hall–Kier alpha value is -6.04. The van der Waals surface area contributed by atoms with E-state index < -0.39 is 144 Å². The predicted octanol–water partition coefficient (Wildman–Crippen LogP) is -1.10. The highest BCUT2D eigenvalue weighted by atomic mass is 16.7. The topological polar surface area (TPSA) is 348 Å². The fourth-order valence-electron chi connectivity index (χ4n) is 8.71. The number of hydrogen-bond acceptors (Lipinski definition) is 18. The number of ketones is 2. The van der Waals surface area contributed by atoms with Gasteiger partial charge < -0.3 is 80.2 Å². The summed E-state index contributed by atoms with van der Waals surface area (Å²) in [4.78, 5) is 54.2. The molecule has 12 atom stereocenters. The van der Waals surface area contributed by atoms with Crippen molar-refractivity contribution in [3.8, 4) is 23.0 Å². The molecule has 4 aliphatic rings. The molecular weight excluding hydrogens is 824 g/mol. The molecule has 4 aromatic carbocycles. The number of phenolic OH excluding ortho intramolecular Hbond substituents is 2. The molecule has 2 heterocycles. The van der Waals surface area contributed by atoms with E-state index in [9.17, 15) is 80.5 Å². The van der Waals surface area contributed by atoms with Gasteiger partial charge in [-0.25, -0.2) is 9.59 Å². The van der Waals surface area contributed by atoms with Crippen LogP contribution >= 0.6 is 0 Å². The fraction of sp³-hybridized carbons (Fsp3) is 0.333. The van der Waals surface area contributed by atoms with E-state index in [1.807, 2.05) is 0 Å². The first kappa shape index (κ1) is 42.6. The number of aromatic carboxylic acids is 2. The summed E-state index contributed by atoms with van der Waals surface area (Å²) in [6.45, 7) is -1.64. The van der Waals surface area contributed by atoms with Crippen LogP contribution in [0.5, 0.6) is 23.0 Å². The number of benzene rings is 4. The molecule has 2 aliphatic carbocycles. The van der Waals surface area contributed by atoms with Gasteiger partial charge in [0.25, 0.3) is 0 Å². The Bertz CT molecular complexity index is 2330. The largest absolute Gasteiger partial charge is 0.507 e. The van der Waals surface area contributed by atoms with Crippen LogP contribution in [-0.2, 0) is 9.47 Å². The van der Waals surface area contributed by atoms with Crippen molar-refractivity contribution in [2.45, 2.75) is 73.2 Å². The highest BCUT2D eigenvalue weighted by Crippen LogP contribution is 2.56. The third kappa shape index (κ3) is 6.73. The van der Waals surface area contributed by atoms with Crippen LogP contribution in [0.3, 0.4) is 0 Å². The summed E-state index contributed by atoms with van der Waals surface area (Å²) in [5.41, 5.74) is -2.87. The lowest BCUT2D eigenvalue weighted by atomic mass is 9.63. The number of hydrogen-bond donors (Lipinski definition) is 12. The zero-order chi connectivity index (χ0) is 44.6.